The Balaban J connectivity index is 0.00000243. The third-order valence-electron chi connectivity index (χ3n) is 4.60. The predicted octanol–water partition coefficient (Wildman–Crippen LogP) is 4.45. The van der Waals surface area contributed by atoms with Crippen molar-refractivity contribution in [3.8, 4) is 0 Å². The average Bonchev–Trinajstić information content (AvgIpc) is 3.41. The van der Waals surface area contributed by atoms with Crippen molar-refractivity contribution in [2.75, 3.05) is 20.1 Å². The van der Waals surface area contributed by atoms with Crippen LogP contribution in [0.3, 0.4) is 0 Å². The summed E-state index contributed by atoms with van der Waals surface area (Å²) in [6.45, 7) is 1.64. The second kappa shape index (κ2) is 9.76. The number of pyridine rings is 1. The van der Waals surface area contributed by atoms with Crippen LogP contribution in [-0.2, 0) is 11.8 Å². The van der Waals surface area contributed by atoms with E-state index >= 15 is 0 Å². The van der Waals surface area contributed by atoms with Gasteiger partial charge in [0.05, 0.1) is 0 Å². The lowest BCUT2D eigenvalue weighted by atomic mass is 9.96. The number of guanidine groups is 1. The van der Waals surface area contributed by atoms with Crippen molar-refractivity contribution in [1.82, 2.24) is 15.6 Å². The molecule has 1 aromatic carbocycles. The van der Waals surface area contributed by atoms with Gasteiger partial charge in [-0.2, -0.15) is 0 Å². The lowest BCUT2D eigenvalue weighted by Crippen LogP contribution is -2.42. The van der Waals surface area contributed by atoms with Gasteiger partial charge in [-0.05, 0) is 48.6 Å². The van der Waals surface area contributed by atoms with Gasteiger partial charge in [0.1, 0.15) is 5.15 Å². The van der Waals surface area contributed by atoms with Crippen molar-refractivity contribution in [2.24, 2.45) is 4.99 Å². The largest absolute Gasteiger partial charge is 0.356 e. The number of aliphatic imine (C=N–C) groups is 1. The van der Waals surface area contributed by atoms with Crippen molar-refractivity contribution in [3.05, 3.63) is 63.9 Å². The van der Waals surface area contributed by atoms with Gasteiger partial charge in [-0.1, -0.05) is 41.4 Å². The molecule has 7 heteroatoms. The fraction of sp³-hybridized carbons (Fsp3) is 0.368. The fourth-order valence-corrected chi connectivity index (χ4v) is 3.19. The number of aromatic nitrogens is 1. The summed E-state index contributed by atoms with van der Waals surface area (Å²) < 4.78 is 0. The summed E-state index contributed by atoms with van der Waals surface area (Å²) in [4.78, 5) is 8.40. The quantitative estimate of drug-likeness (QED) is 0.264. The first-order chi connectivity index (χ1) is 12.1. The Labute approximate surface area is 181 Å². The van der Waals surface area contributed by atoms with Crippen LogP contribution in [0.4, 0.5) is 0 Å². The monoisotopic (exact) mass is 504 g/mol. The summed E-state index contributed by atoms with van der Waals surface area (Å²) in [5, 5.41) is 8.11. The number of benzene rings is 1. The van der Waals surface area contributed by atoms with Gasteiger partial charge in [0, 0.05) is 36.8 Å². The smallest absolute Gasteiger partial charge is 0.191 e. The van der Waals surface area contributed by atoms with Crippen LogP contribution in [-0.4, -0.2) is 31.1 Å². The molecule has 0 bridgehead atoms. The van der Waals surface area contributed by atoms with Crippen LogP contribution in [0.15, 0.2) is 47.6 Å². The highest BCUT2D eigenvalue weighted by Crippen LogP contribution is 2.48. The first kappa shape index (κ1) is 21.3. The standard InChI is InChI=1S/C19H22Cl2N4.HI/c1-22-18(23-10-7-14-5-6-17(21)24-12-14)25-13-19(8-9-19)15-3-2-4-16(20)11-15;/h2-6,11-12H,7-10,13H2,1H3,(H2,22,23,25);1H. The van der Waals surface area contributed by atoms with Gasteiger partial charge < -0.3 is 10.6 Å². The molecule has 26 heavy (non-hydrogen) atoms. The van der Waals surface area contributed by atoms with E-state index in [0.717, 1.165) is 36.1 Å². The molecule has 2 N–H and O–H groups in total. The molecule has 3 rings (SSSR count). The zero-order valence-corrected chi connectivity index (χ0v) is 18.5. The topological polar surface area (TPSA) is 49.3 Å². The highest BCUT2D eigenvalue weighted by molar-refractivity contribution is 14.0. The summed E-state index contributed by atoms with van der Waals surface area (Å²) in [6.07, 6.45) is 5.02. The lowest BCUT2D eigenvalue weighted by molar-refractivity contribution is 0.645. The van der Waals surface area contributed by atoms with Crippen LogP contribution in [0.25, 0.3) is 0 Å². The number of nitrogens with zero attached hydrogens (tertiary/aromatic N) is 2. The van der Waals surface area contributed by atoms with E-state index in [9.17, 15) is 0 Å². The SMILES string of the molecule is CN=C(NCCc1ccc(Cl)nc1)NCC1(c2cccc(Cl)c2)CC1.I. The Morgan fingerprint density at radius 1 is 1.19 bits per heavy atom. The molecule has 1 fully saturated rings. The van der Waals surface area contributed by atoms with E-state index < -0.39 is 0 Å². The molecule has 1 aliphatic rings. The normalized spacial score (nSPS) is 15.1. The number of nitrogens with one attached hydrogen (secondary N) is 2. The summed E-state index contributed by atoms with van der Waals surface area (Å²) in [6, 6.07) is 12.0. The van der Waals surface area contributed by atoms with E-state index in [0.29, 0.717) is 5.15 Å². The minimum atomic E-state index is 0. The van der Waals surface area contributed by atoms with Gasteiger partial charge in [0.15, 0.2) is 5.96 Å². The van der Waals surface area contributed by atoms with Crippen molar-refractivity contribution < 1.29 is 0 Å². The Kier molecular flexibility index (Phi) is 7.98. The van der Waals surface area contributed by atoms with E-state index in [2.05, 4.69) is 32.7 Å². The molecule has 1 heterocycles. The molecule has 140 valence electrons. The van der Waals surface area contributed by atoms with Crippen LogP contribution >= 0.6 is 47.2 Å². The molecule has 2 aromatic rings. The maximum atomic E-state index is 6.14. The molecule has 0 radical (unpaired) electrons. The zero-order valence-electron chi connectivity index (χ0n) is 14.6. The molecule has 0 amide bonds. The van der Waals surface area contributed by atoms with E-state index in [4.69, 9.17) is 23.2 Å². The maximum Gasteiger partial charge on any atom is 0.191 e. The molecule has 0 saturated heterocycles. The van der Waals surface area contributed by atoms with Crippen LogP contribution < -0.4 is 10.6 Å². The van der Waals surface area contributed by atoms with E-state index in [1.54, 1.807) is 13.2 Å². The summed E-state index contributed by atoms with van der Waals surface area (Å²) in [5.41, 5.74) is 2.63. The Morgan fingerprint density at radius 3 is 2.62 bits per heavy atom. The highest BCUT2D eigenvalue weighted by atomic mass is 127. The highest BCUT2D eigenvalue weighted by Gasteiger charge is 2.44. The molecule has 1 aromatic heterocycles. The summed E-state index contributed by atoms with van der Waals surface area (Å²) in [5.74, 6) is 0.815. The molecule has 0 unspecified atom stereocenters. The fourth-order valence-electron chi connectivity index (χ4n) is 2.89. The van der Waals surface area contributed by atoms with Crippen molar-refractivity contribution >= 4 is 53.1 Å². The zero-order chi connectivity index (χ0) is 17.7. The Hall–Kier alpha value is -1.05. The van der Waals surface area contributed by atoms with Crippen LogP contribution in [0.5, 0.6) is 0 Å². The molecular weight excluding hydrogens is 482 g/mol. The molecule has 0 aliphatic heterocycles. The van der Waals surface area contributed by atoms with Crippen LogP contribution in [0, 0.1) is 0 Å². The Morgan fingerprint density at radius 2 is 2.00 bits per heavy atom. The van der Waals surface area contributed by atoms with Gasteiger partial charge in [0.25, 0.3) is 0 Å². The minimum Gasteiger partial charge on any atom is -0.356 e. The summed E-state index contributed by atoms with van der Waals surface area (Å²) in [7, 11) is 1.79. The van der Waals surface area contributed by atoms with Gasteiger partial charge in [0.2, 0.25) is 0 Å². The number of hydrogen-bond donors (Lipinski definition) is 2. The molecule has 4 nitrogen and oxygen atoms in total. The summed E-state index contributed by atoms with van der Waals surface area (Å²) >= 11 is 11.9. The minimum absolute atomic E-state index is 0. The van der Waals surface area contributed by atoms with E-state index in [1.807, 2.05) is 24.3 Å². The van der Waals surface area contributed by atoms with Crippen LogP contribution in [0.1, 0.15) is 24.0 Å². The van der Waals surface area contributed by atoms with Crippen LogP contribution in [0.2, 0.25) is 10.2 Å². The molecule has 1 saturated carbocycles. The third-order valence-corrected chi connectivity index (χ3v) is 5.06. The van der Waals surface area contributed by atoms with Crippen molar-refractivity contribution in [1.29, 1.82) is 0 Å². The Bertz CT molecular complexity index is 745. The maximum absolute atomic E-state index is 6.14. The first-order valence-electron chi connectivity index (χ1n) is 8.42. The van der Waals surface area contributed by atoms with Crippen molar-refractivity contribution in [3.63, 3.8) is 0 Å². The number of hydrogen-bond acceptors (Lipinski definition) is 2. The van der Waals surface area contributed by atoms with Gasteiger partial charge in [-0.25, -0.2) is 4.98 Å². The van der Waals surface area contributed by atoms with Gasteiger partial charge in [-0.3, -0.25) is 4.99 Å². The molecule has 1 aliphatic carbocycles. The lowest BCUT2D eigenvalue weighted by Gasteiger charge is -2.19. The molecule has 0 spiro atoms. The molecular formula is C19H23Cl2IN4. The second-order valence-electron chi connectivity index (χ2n) is 6.38. The molecule has 0 atom stereocenters. The first-order valence-corrected chi connectivity index (χ1v) is 9.18. The second-order valence-corrected chi connectivity index (χ2v) is 7.21. The number of rotatable bonds is 6. The predicted molar refractivity (Wildman–Crippen MR) is 120 cm³/mol. The van der Waals surface area contributed by atoms with Crippen molar-refractivity contribution in [2.45, 2.75) is 24.7 Å². The number of halogens is 3. The van der Waals surface area contributed by atoms with Gasteiger partial charge >= 0.3 is 0 Å². The average molecular weight is 505 g/mol. The van der Waals surface area contributed by atoms with Gasteiger partial charge in [-0.15, -0.1) is 24.0 Å². The van der Waals surface area contributed by atoms with E-state index in [-0.39, 0.29) is 29.4 Å². The van der Waals surface area contributed by atoms with E-state index in [1.165, 1.54) is 18.4 Å². The third kappa shape index (κ3) is 5.72.